The van der Waals surface area contributed by atoms with E-state index in [0.717, 1.165) is 38.9 Å². The van der Waals surface area contributed by atoms with Crippen molar-refractivity contribution < 1.29 is 4.79 Å². The quantitative estimate of drug-likeness (QED) is 0.861. The van der Waals surface area contributed by atoms with Crippen molar-refractivity contribution in [3.8, 4) is 0 Å². The van der Waals surface area contributed by atoms with E-state index in [0.29, 0.717) is 11.3 Å². The molecule has 1 fully saturated rings. The number of benzene rings is 1. The summed E-state index contributed by atoms with van der Waals surface area (Å²) in [5.41, 5.74) is 3.03. The van der Waals surface area contributed by atoms with Crippen molar-refractivity contribution in [2.24, 2.45) is 5.41 Å². The molecule has 0 aromatic heterocycles. The minimum atomic E-state index is -0.0406. The Morgan fingerprint density at radius 3 is 2.68 bits per heavy atom. The molecule has 122 valence electrons. The van der Waals surface area contributed by atoms with Crippen LogP contribution in [0.3, 0.4) is 0 Å². The summed E-state index contributed by atoms with van der Waals surface area (Å²) in [7, 11) is 0. The maximum absolute atomic E-state index is 12.8. The summed E-state index contributed by atoms with van der Waals surface area (Å²) >= 11 is 0. The maximum Gasteiger partial charge on any atom is 0.240 e. The number of fused-ring (bicyclic) bond motifs is 1. The summed E-state index contributed by atoms with van der Waals surface area (Å²) in [5, 5.41) is 3.42. The average Bonchev–Trinajstić information content (AvgIpc) is 2.67. The fourth-order valence-electron chi connectivity index (χ4n) is 3.49. The van der Waals surface area contributed by atoms with E-state index in [4.69, 9.17) is 0 Å². The second-order valence-corrected chi connectivity index (χ2v) is 7.25. The lowest BCUT2D eigenvalue weighted by Crippen LogP contribution is -2.49. The van der Waals surface area contributed by atoms with E-state index in [1.807, 2.05) is 0 Å². The van der Waals surface area contributed by atoms with Crippen LogP contribution < -0.4 is 5.32 Å². The van der Waals surface area contributed by atoms with E-state index in [2.05, 4.69) is 48.3 Å². The van der Waals surface area contributed by atoms with E-state index < -0.39 is 0 Å². The fraction of sp³-hybridized carbons (Fsp3) is 0.611. The number of carbonyl (C=O) groups excluding carboxylic acids is 1. The van der Waals surface area contributed by atoms with E-state index >= 15 is 0 Å². The highest BCUT2D eigenvalue weighted by atomic mass is 35.5. The van der Waals surface area contributed by atoms with Gasteiger partial charge in [0, 0.05) is 19.6 Å². The van der Waals surface area contributed by atoms with Crippen molar-refractivity contribution in [2.75, 3.05) is 13.1 Å². The van der Waals surface area contributed by atoms with Gasteiger partial charge in [-0.2, -0.15) is 0 Å². The molecule has 22 heavy (non-hydrogen) atoms. The highest BCUT2D eigenvalue weighted by Gasteiger charge is 2.31. The van der Waals surface area contributed by atoms with Crippen LogP contribution >= 0.6 is 12.4 Å². The predicted octanol–water partition coefficient (Wildman–Crippen LogP) is 3.16. The second-order valence-electron chi connectivity index (χ2n) is 7.25. The Bertz CT molecular complexity index is 530. The number of amides is 1. The van der Waals surface area contributed by atoms with Crippen molar-refractivity contribution >= 4 is 18.3 Å². The number of hydrogen-bond donors (Lipinski definition) is 1. The first-order chi connectivity index (χ1) is 10.1. The Hall–Kier alpha value is -1.06. The van der Waals surface area contributed by atoms with Crippen molar-refractivity contribution in [3.05, 3.63) is 35.4 Å². The predicted molar refractivity (Wildman–Crippen MR) is 92.2 cm³/mol. The molecule has 1 aromatic rings. The maximum atomic E-state index is 12.8. The van der Waals surface area contributed by atoms with Gasteiger partial charge in [-0.3, -0.25) is 4.79 Å². The van der Waals surface area contributed by atoms with Crippen LogP contribution in [0.5, 0.6) is 0 Å². The van der Waals surface area contributed by atoms with Gasteiger partial charge in [-0.05, 0) is 42.2 Å². The Labute approximate surface area is 139 Å². The number of halogens is 1. The van der Waals surface area contributed by atoms with E-state index in [9.17, 15) is 4.79 Å². The zero-order valence-electron chi connectivity index (χ0n) is 13.6. The minimum Gasteiger partial charge on any atom is -0.341 e. The van der Waals surface area contributed by atoms with E-state index in [1.165, 1.54) is 17.5 Å². The lowest BCUT2D eigenvalue weighted by Gasteiger charge is -2.31. The van der Waals surface area contributed by atoms with Crippen LogP contribution in [0.2, 0.25) is 0 Å². The van der Waals surface area contributed by atoms with Crippen LogP contribution in [0.25, 0.3) is 0 Å². The van der Waals surface area contributed by atoms with Gasteiger partial charge < -0.3 is 10.2 Å². The second kappa shape index (κ2) is 7.01. The fourth-order valence-corrected chi connectivity index (χ4v) is 3.49. The number of nitrogens with zero attached hydrogens (tertiary/aromatic N) is 1. The molecule has 2 aliphatic rings. The summed E-state index contributed by atoms with van der Waals surface area (Å²) in [6.45, 7) is 7.27. The Kier molecular flexibility index (Phi) is 5.51. The molecule has 1 saturated heterocycles. The smallest absolute Gasteiger partial charge is 0.240 e. The average molecular weight is 323 g/mol. The summed E-state index contributed by atoms with van der Waals surface area (Å²) in [6.07, 6.45) is 4.29. The normalized spacial score (nSPS) is 23.9. The van der Waals surface area contributed by atoms with Crippen LogP contribution in [0, 0.1) is 5.41 Å². The zero-order valence-corrected chi connectivity index (χ0v) is 14.4. The van der Waals surface area contributed by atoms with Gasteiger partial charge in [0.1, 0.15) is 0 Å². The van der Waals surface area contributed by atoms with Crippen molar-refractivity contribution in [1.82, 2.24) is 10.2 Å². The van der Waals surface area contributed by atoms with E-state index in [-0.39, 0.29) is 18.4 Å². The van der Waals surface area contributed by atoms with Crippen LogP contribution in [0.1, 0.15) is 44.2 Å². The molecule has 3 nitrogen and oxygen atoms in total. The van der Waals surface area contributed by atoms with Crippen LogP contribution in [-0.4, -0.2) is 29.9 Å². The molecule has 1 atom stereocenters. The van der Waals surface area contributed by atoms with Gasteiger partial charge in [-0.25, -0.2) is 0 Å². The summed E-state index contributed by atoms with van der Waals surface area (Å²) in [4.78, 5) is 14.9. The van der Waals surface area contributed by atoms with Gasteiger partial charge >= 0.3 is 0 Å². The zero-order chi connectivity index (χ0) is 14.9. The molecule has 1 unspecified atom stereocenters. The molecule has 4 heteroatoms. The Balaban J connectivity index is 0.00000176. The third-order valence-corrected chi connectivity index (χ3v) is 5.03. The molecule has 2 heterocycles. The summed E-state index contributed by atoms with van der Waals surface area (Å²) in [5.74, 6) is 0.294. The van der Waals surface area contributed by atoms with Crippen LogP contribution in [-0.2, 0) is 17.8 Å². The monoisotopic (exact) mass is 322 g/mol. The number of hydrogen-bond acceptors (Lipinski definition) is 2. The minimum absolute atomic E-state index is 0. The number of rotatable bonds is 1. The molecule has 2 aliphatic heterocycles. The first kappa shape index (κ1) is 17.3. The first-order valence-electron chi connectivity index (χ1n) is 8.14. The molecule has 0 saturated carbocycles. The molecule has 0 bridgehead atoms. The highest BCUT2D eigenvalue weighted by Crippen LogP contribution is 2.30. The first-order valence-corrected chi connectivity index (χ1v) is 8.14. The molecule has 3 rings (SSSR count). The molecular formula is C18H27ClN2O. The lowest BCUT2D eigenvalue weighted by molar-refractivity contribution is -0.133. The number of nitrogens with one attached hydrogen (secondary N) is 1. The van der Waals surface area contributed by atoms with E-state index in [1.54, 1.807) is 0 Å². The SMILES string of the molecule is CC1(C)CCCN(C(=O)C2Cc3ccccc3CN2)CC1.Cl. The molecule has 1 amide bonds. The van der Waals surface area contributed by atoms with Gasteiger partial charge in [0.05, 0.1) is 6.04 Å². The largest absolute Gasteiger partial charge is 0.341 e. The molecule has 1 aromatic carbocycles. The molecule has 0 aliphatic carbocycles. The summed E-state index contributed by atoms with van der Waals surface area (Å²) in [6, 6.07) is 8.40. The van der Waals surface area contributed by atoms with Crippen LogP contribution in [0.15, 0.2) is 24.3 Å². The van der Waals surface area contributed by atoms with Gasteiger partial charge in [0.2, 0.25) is 5.91 Å². The van der Waals surface area contributed by atoms with Gasteiger partial charge in [0.15, 0.2) is 0 Å². The van der Waals surface area contributed by atoms with Crippen molar-refractivity contribution in [2.45, 2.75) is 52.1 Å². The Morgan fingerprint density at radius 2 is 1.91 bits per heavy atom. The third-order valence-electron chi connectivity index (χ3n) is 5.03. The lowest BCUT2D eigenvalue weighted by atomic mass is 9.85. The number of carbonyl (C=O) groups is 1. The van der Waals surface area contributed by atoms with Crippen molar-refractivity contribution in [1.29, 1.82) is 0 Å². The van der Waals surface area contributed by atoms with Crippen molar-refractivity contribution in [3.63, 3.8) is 0 Å². The molecule has 0 radical (unpaired) electrons. The molecule has 0 spiro atoms. The van der Waals surface area contributed by atoms with Gasteiger partial charge in [0.25, 0.3) is 0 Å². The summed E-state index contributed by atoms with van der Waals surface area (Å²) < 4.78 is 0. The molecule has 1 N–H and O–H groups in total. The third kappa shape index (κ3) is 3.82. The highest BCUT2D eigenvalue weighted by molar-refractivity contribution is 5.85. The molecular weight excluding hydrogens is 296 g/mol. The van der Waals surface area contributed by atoms with Gasteiger partial charge in [-0.1, -0.05) is 38.1 Å². The standard InChI is InChI=1S/C18H26N2O.ClH/c1-18(2)8-5-10-20(11-9-18)17(21)16-12-14-6-3-4-7-15(14)13-19-16;/h3-4,6-7,16,19H,5,8-13H2,1-2H3;1H. The van der Waals surface area contributed by atoms with Gasteiger partial charge in [-0.15, -0.1) is 12.4 Å². The Morgan fingerprint density at radius 1 is 1.18 bits per heavy atom. The number of likely N-dealkylation sites (tertiary alicyclic amines) is 1. The van der Waals surface area contributed by atoms with Crippen LogP contribution in [0.4, 0.5) is 0 Å². The topological polar surface area (TPSA) is 32.3 Å².